The Morgan fingerprint density at radius 1 is 0.741 bits per heavy atom. The molecule has 1 saturated heterocycles. The van der Waals surface area contributed by atoms with Crippen LogP contribution in [0.5, 0.6) is 0 Å². The van der Waals surface area contributed by atoms with E-state index < -0.39 is 32.5 Å². The van der Waals surface area contributed by atoms with E-state index in [4.69, 9.17) is 27.7 Å². The van der Waals surface area contributed by atoms with Crippen LogP contribution >= 0.6 is 7.82 Å². The number of phosphoric ester groups is 1. The molecule has 0 N–H and O–H groups in total. The van der Waals surface area contributed by atoms with E-state index in [0.717, 1.165) is 95.0 Å². The van der Waals surface area contributed by atoms with Crippen molar-refractivity contribution in [1.82, 2.24) is 0 Å². The first-order chi connectivity index (χ1) is 27.7. The fourth-order valence-corrected chi connectivity index (χ4v) is 7.16. The first-order valence-electron chi connectivity index (χ1n) is 22.2. The number of ether oxygens (including phenoxy) is 3. The van der Waals surface area contributed by atoms with Crippen molar-refractivity contribution in [3.8, 4) is 0 Å². The van der Waals surface area contributed by atoms with Crippen LogP contribution < -0.4 is 4.89 Å². The van der Waals surface area contributed by atoms with Crippen LogP contribution in [0.2, 0.25) is 0 Å². The topological polar surface area (TPSA) is 137 Å². The first-order valence-corrected chi connectivity index (χ1v) is 23.6. The number of furan rings is 1. The predicted molar refractivity (Wildman–Crippen MR) is 229 cm³/mol. The fourth-order valence-electron chi connectivity index (χ4n) is 6.43. The van der Waals surface area contributed by atoms with Crippen molar-refractivity contribution < 1.29 is 51.2 Å². The van der Waals surface area contributed by atoms with Crippen LogP contribution in [0.1, 0.15) is 152 Å². The summed E-state index contributed by atoms with van der Waals surface area (Å²) in [7, 11) is 1.09. The first kappa shape index (κ1) is 51.6. The molecule has 2 rings (SSSR count). The lowest BCUT2D eigenvalue weighted by Gasteiger charge is -2.28. The summed E-state index contributed by atoms with van der Waals surface area (Å²) in [4.78, 5) is 37.8. The van der Waals surface area contributed by atoms with Gasteiger partial charge in [0, 0.05) is 25.7 Å². The third-order valence-electron chi connectivity index (χ3n) is 10.3. The molecule has 58 heavy (non-hydrogen) atoms. The Labute approximate surface area is 351 Å². The van der Waals surface area contributed by atoms with E-state index in [9.17, 15) is 19.0 Å². The molecule has 0 saturated carbocycles. The zero-order valence-electron chi connectivity index (χ0n) is 37.1. The summed E-state index contributed by atoms with van der Waals surface area (Å²) in [5, 5.41) is 0. The molecule has 1 aromatic rings. The van der Waals surface area contributed by atoms with Crippen LogP contribution in [0, 0.1) is 13.8 Å². The summed E-state index contributed by atoms with van der Waals surface area (Å²) in [6, 6.07) is 0. The summed E-state index contributed by atoms with van der Waals surface area (Å²) in [5.74, 6) is 1.27. The van der Waals surface area contributed by atoms with Crippen LogP contribution in [0.4, 0.5) is 0 Å². The minimum atomic E-state index is -4.66. The number of phosphoric acid groups is 1. The van der Waals surface area contributed by atoms with Crippen molar-refractivity contribution >= 4 is 19.8 Å². The van der Waals surface area contributed by atoms with E-state index in [0.29, 0.717) is 23.9 Å². The number of nitrogens with zero attached hydrogens (tertiary/aromatic N) is 1. The van der Waals surface area contributed by atoms with Gasteiger partial charge in [-0.2, -0.15) is 0 Å². The lowest BCUT2D eigenvalue weighted by atomic mass is 10.0. The molecule has 4 atom stereocenters. The van der Waals surface area contributed by atoms with Gasteiger partial charge in [0.25, 0.3) is 7.82 Å². The average molecular weight is 836 g/mol. The van der Waals surface area contributed by atoms with Crippen molar-refractivity contribution in [2.75, 3.05) is 47.5 Å². The van der Waals surface area contributed by atoms with E-state index in [-0.39, 0.29) is 38.3 Å². The van der Waals surface area contributed by atoms with Gasteiger partial charge >= 0.3 is 11.9 Å². The number of carbonyl (C=O) groups excluding carboxylic acids is 2. The molecule has 1 aliphatic rings. The number of esters is 2. The maximum Gasteiger partial charge on any atom is 0.306 e. The van der Waals surface area contributed by atoms with Crippen LogP contribution in [-0.4, -0.2) is 82.2 Å². The van der Waals surface area contributed by atoms with Gasteiger partial charge in [-0.1, -0.05) is 88.8 Å². The third kappa shape index (κ3) is 25.2. The van der Waals surface area contributed by atoms with E-state index >= 15 is 0 Å². The molecule has 1 fully saturated rings. The molecule has 0 bridgehead atoms. The smallest absolute Gasteiger partial charge is 0.306 e. The van der Waals surface area contributed by atoms with Gasteiger partial charge in [0.1, 0.15) is 31.3 Å². The van der Waals surface area contributed by atoms with Gasteiger partial charge in [-0.15, -0.1) is 0 Å². The van der Waals surface area contributed by atoms with Gasteiger partial charge in [0.05, 0.1) is 40.0 Å². The number of carbonyl (C=O) groups is 2. The molecule has 11 nitrogen and oxygen atoms in total. The van der Waals surface area contributed by atoms with Gasteiger partial charge in [-0.05, 0) is 89.2 Å². The molecule has 0 spiro atoms. The highest BCUT2D eigenvalue weighted by Crippen LogP contribution is 2.38. The number of hydrogen-bond donors (Lipinski definition) is 0. The lowest BCUT2D eigenvalue weighted by Crippen LogP contribution is -2.37. The molecular weight excluding hydrogens is 757 g/mol. The molecule has 0 aromatic carbocycles. The molecule has 12 heteroatoms. The lowest BCUT2D eigenvalue weighted by molar-refractivity contribution is -0.870. The average Bonchev–Trinajstić information content (AvgIpc) is 3.86. The quantitative estimate of drug-likeness (QED) is 0.0162. The number of likely N-dealkylation sites (N-methyl/N-ethyl adjacent to an activating group) is 1. The Balaban J connectivity index is 1.68. The molecule has 1 aliphatic heterocycles. The van der Waals surface area contributed by atoms with Gasteiger partial charge in [0.2, 0.25) is 0 Å². The summed E-state index contributed by atoms with van der Waals surface area (Å²) in [6.45, 7) is 8.25. The van der Waals surface area contributed by atoms with Crippen molar-refractivity contribution in [3.63, 3.8) is 0 Å². The summed E-state index contributed by atoms with van der Waals surface area (Å²) in [6.07, 6.45) is 30.5. The predicted octanol–water partition coefficient (Wildman–Crippen LogP) is 10.1. The van der Waals surface area contributed by atoms with Gasteiger partial charge in [-0.25, -0.2) is 0 Å². The Bertz CT molecular complexity index is 1430. The van der Waals surface area contributed by atoms with Crippen molar-refractivity contribution in [3.05, 3.63) is 59.1 Å². The SMILES string of the molecule is CCCCC/C=C\C/C=C\C/C=C\CC1OC1CCCC(=O)OC[C@H](COP(=O)([O-])OCC[N+](C)(C)C)OC(=O)CCCCCCCCc1oc(CCC)c(C)c1C. The van der Waals surface area contributed by atoms with Crippen LogP contribution in [-0.2, 0) is 50.3 Å². The molecule has 3 unspecified atom stereocenters. The number of unbranched alkanes of at least 4 members (excludes halogenated alkanes) is 8. The second-order valence-corrected chi connectivity index (χ2v) is 18.1. The molecular formula is C46H78NO10P. The number of aryl methyl sites for hydroxylation is 2. The summed E-state index contributed by atoms with van der Waals surface area (Å²) < 4.78 is 45.8. The van der Waals surface area contributed by atoms with E-state index in [2.05, 4.69) is 64.2 Å². The normalized spacial score (nSPS) is 17.4. The third-order valence-corrected chi connectivity index (χ3v) is 11.2. The number of allylic oxidation sites excluding steroid dienone is 5. The highest BCUT2D eigenvalue weighted by atomic mass is 31.2. The van der Waals surface area contributed by atoms with Gasteiger partial charge in [0.15, 0.2) is 6.10 Å². The number of rotatable bonds is 35. The molecule has 0 amide bonds. The van der Waals surface area contributed by atoms with E-state index in [1.807, 2.05) is 21.1 Å². The van der Waals surface area contributed by atoms with Gasteiger partial charge < -0.3 is 37.1 Å². The number of epoxide rings is 1. The van der Waals surface area contributed by atoms with Crippen molar-refractivity contribution in [2.45, 2.75) is 174 Å². The zero-order chi connectivity index (χ0) is 42.7. The van der Waals surface area contributed by atoms with Crippen LogP contribution in [0.15, 0.2) is 40.9 Å². The van der Waals surface area contributed by atoms with E-state index in [1.54, 1.807) is 0 Å². The second-order valence-electron chi connectivity index (χ2n) is 16.7. The zero-order valence-corrected chi connectivity index (χ0v) is 38.0. The van der Waals surface area contributed by atoms with Crippen LogP contribution in [0.3, 0.4) is 0 Å². The largest absolute Gasteiger partial charge is 0.756 e. The standard InChI is InChI=1S/C46H78NO10P/c1-8-10-11-12-13-14-15-16-17-18-22-25-30-43-44(57-43)31-27-33-45(48)52-36-40(37-54-58(50,51)53-35-34-47(5,6)7)55-46(49)32-26-23-20-19-21-24-29-42-39(4)38(3)41(56-42)28-9-2/h13-14,16-17,22,25,40,43-44H,8-12,15,18-21,23-24,26-37H2,1-7H3/b14-13-,17-16-,25-22-/t40-,43?,44?/m1/s1. The highest BCUT2D eigenvalue weighted by molar-refractivity contribution is 7.45. The Hall–Kier alpha value is -2.53. The molecule has 332 valence electrons. The minimum Gasteiger partial charge on any atom is -0.756 e. The minimum absolute atomic E-state index is 0.0532. The fraction of sp³-hybridized carbons (Fsp3) is 0.739. The number of hydrogen-bond acceptors (Lipinski definition) is 10. The molecule has 0 aliphatic carbocycles. The summed E-state index contributed by atoms with van der Waals surface area (Å²) >= 11 is 0. The maximum atomic E-state index is 12.8. The Morgan fingerprint density at radius 3 is 2.07 bits per heavy atom. The van der Waals surface area contributed by atoms with Gasteiger partial charge in [-0.3, -0.25) is 14.2 Å². The Morgan fingerprint density at radius 2 is 1.38 bits per heavy atom. The second kappa shape index (κ2) is 29.7. The van der Waals surface area contributed by atoms with Crippen LogP contribution in [0.25, 0.3) is 0 Å². The summed E-state index contributed by atoms with van der Waals surface area (Å²) in [5.41, 5.74) is 2.56. The highest BCUT2D eigenvalue weighted by Gasteiger charge is 2.36. The van der Waals surface area contributed by atoms with E-state index in [1.165, 1.54) is 30.4 Å². The molecule has 1 aromatic heterocycles. The maximum absolute atomic E-state index is 12.8. The molecule has 0 radical (unpaired) electrons. The Kier molecular flexibility index (Phi) is 26.4. The van der Waals surface area contributed by atoms with Crippen molar-refractivity contribution in [1.29, 1.82) is 0 Å². The molecule has 2 heterocycles. The van der Waals surface area contributed by atoms with Crippen molar-refractivity contribution in [2.24, 2.45) is 0 Å². The number of quaternary nitrogens is 1. The monoisotopic (exact) mass is 836 g/mol.